The summed E-state index contributed by atoms with van der Waals surface area (Å²) < 4.78 is 4.79. The normalized spacial score (nSPS) is 11.7. The number of rotatable bonds is 7. The minimum absolute atomic E-state index is 0.164. The number of ether oxygens (including phenoxy) is 1. The number of benzene rings is 1. The third-order valence-electron chi connectivity index (χ3n) is 2.65. The van der Waals surface area contributed by atoms with Crippen molar-refractivity contribution in [3.05, 3.63) is 35.4 Å². The molecule has 4 N–H and O–H groups in total. The number of carboxylic acids is 1. The number of carbonyl (C=O) groups is 3. The van der Waals surface area contributed by atoms with Crippen LogP contribution in [0.2, 0.25) is 0 Å². The predicted molar refractivity (Wildman–Crippen MR) is 70.3 cm³/mol. The molecule has 1 unspecified atom stereocenters. The van der Waals surface area contributed by atoms with Gasteiger partial charge in [0.25, 0.3) is 5.91 Å². The number of methoxy groups -OCH3 is 1. The lowest BCUT2D eigenvalue weighted by atomic mass is 10.1. The molecule has 7 nitrogen and oxygen atoms in total. The molecule has 0 radical (unpaired) electrons. The maximum Gasteiger partial charge on any atom is 0.326 e. The van der Waals surface area contributed by atoms with Crippen molar-refractivity contribution in [1.82, 2.24) is 5.32 Å². The number of hydrogen-bond acceptors (Lipinski definition) is 4. The van der Waals surface area contributed by atoms with Crippen LogP contribution < -0.4 is 11.1 Å². The molecule has 1 aromatic carbocycles. The van der Waals surface area contributed by atoms with Crippen molar-refractivity contribution >= 4 is 17.8 Å². The second kappa shape index (κ2) is 7.25. The molecule has 0 fully saturated rings. The van der Waals surface area contributed by atoms with Crippen molar-refractivity contribution in [2.45, 2.75) is 12.5 Å². The molecule has 0 aromatic heterocycles. The van der Waals surface area contributed by atoms with Crippen LogP contribution in [-0.4, -0.2) is 42.6 Å². The van der Waals surface area contributed by atoms with Crippen molar-refractivity contribution in [2.24, 2.45) is 5.73 Å². The van der Waals surface area contributed by atoms with Crippen molar-refractivity contribution in [2.75, 3.05) is 13.7 Å². The molecule has 0 aliphatic carbocycles. The van der Waals surface area contributed by atoms with E-state index in [1.807, 2.05) is 0 Å². The standard InChI is InChI=1S/C13H16N2O5/c1-20-7-6-10(13(18)19)15-12(17)9-4-2-8(3-5-9)11(14)16/h2-5,10H,6-7H2,1H3,(H2,14,16)(H,15,17)(H,18,19). The first-order valence-electron chi connectivity index (χ1n) is 5.88. The fourth-order valence-corrected chi connectivity index (χ4v) is 1.52. The average Bonchev–Trinajstić information content (AvgIpc) is 2.42. The Bertz CT molecular complexity index is 498. The minimum Gasteiger partial charge on any atom is -0.480 e. The second-order valence-corrected chi connectivity index (χ2v) is 4.09. The van der Waals surface area contributed by atoms with Gasteiger partial charge in [-0.15, -0.1) is 0 Å². The summed E-state index contributed by atoms with van der Waals surface area (Å²) in [6.07, 6.45) is 0.164. The zero-order valence-corrected chi connectivity index (χ0v) is 11.0. The lowest BCUT2D eigenvalue weighted by molar-refractivity contribution is -0.139. The summed E-state index contributed by atoms with van der Waals surface area (Å²) in [5.74, 6) is -2.27. The molecule has 0 aliphatic heterocycles. The van der Waals surface area contributed by atoms with E-state index in [1.165, 1.54) is 31.4 Å². The van der Waals surface area contributed by atoms with E-state index in [0.29, 0.717) is 0 Å². The summed E-state index contributed by atoms with van der Waals surface area (Å²) in [6, 6.07) is 4.60. The van der Waals surface area contributed by atoms with Crippen LogP contribution in [0.4, 0.5) is 0 Å². The first-order valence-corrected chi connectivity index (χ1v) is 5.88. The minimum atomic E-state index is -1.14. The number of aliphatic carboxylic acids is 1. The van der Waals surface area contributed by atoms with Crippen LogP contribution >= 0.6 is 0 Å². The van der Waals surface area contributed by atoms with Crippen LogP contribution in [0.25, 0.3) is 0 Å². The number of nitrogens with one attached hydrogen (secondary N) is 1. The highest BCUT2D eigenvalue weighted by molar-refractivity contribution is 5.98. The molecule has 108 valence electrons. The lowest BCUT2D eigenvalue weighted by Gasteiger charge is -2.14. The van der Waals surface area contributed by atoms with E-state index in [2.05, 4.69) is 5.32 Å². The van der Waals surface area contributed by atoms with Gasteiger partial charge < -0.3 is 20.9 Å². The van der Waals surface area contributed by atoms with Gasteiger partial charge in [-0.1, -0.05) is 0 Å². The van der Waals surface area contributed by atoms with Gasteiger partial charge >= 0.3 is 5.97 Å². The van der Waals surface area contributed by atoms with Crippen molar-refractivity contribution < 1.29 is 24.2 Å². The van der Waals surface area contributed by atoms with Crippen LogP contribution in [0.3, 0.4) is 0 Å². The van der Waals surface area contributed by atoms with E-state index in [1.54, 1.807) is 0 Å². The van der Waals surface area contributed by atoms with Crippen LogP contribution in [0.5, 0.6) is 0 Å². The lowest BCUT2D eigenvalue weighted by Crippen LogP contribution is -2.41. The highest BCUT2D eigenvalue weighted by Crippen LogP contribution is 2.05. The fourth-order valence-electron chi connectivity index (χ4n) is 1.52. The van der Waals surface area contributed by atoms with Gasteiger partial charge in [0.2, 0.25) is 5.91 Å². The van der Waals surface area contributed by atoms with Crippen LogP contribution in [-0.2, 0) is 9.53 Å². The molecule has 0 bridgehead atoms. The van der Waals surface area contributed by atoms with Crippen LogP contribution in [0, 0.1) is 0 Å². The number of amides is 2. The van der Waals surface area contributed by atoms with Gasteiger partial charge in [0.15, 0.2) is 0 Å². The second-order valence-electron chi connectivity index (χ2n) is 4.09. The maximum absolute atomic E-state index is 11.9. The van der Waals surface area contributed by atoms with Crippen molar-refractivity contribution in [3.63, 3.8) is 0 Å². The molecule has 1 aromatic rings. The van der Waals surface area contributed by atoms with Gasteiger partial charge in [-0.3, -0.25) is 9.59 Å². The highest BCUT2D eigenvalue weighted by atomic mass is 16.5. The third kappa shape index (κ3) is 4.36. The van der Waals surface area contributed by atoms with Gasteiger partial charge in [-0.2, -0.15) is 0 Å². The highest BCUT2D eigenvalue weighted by Gasteiger charge is 2.20. The monoisotopic (exact) mass is 280 g/mol. The summed E-state index contributed by atoms with van der Waals surface area (Å²) in [5, 5.41) is 11.4. The Morgan fingerprint density at radius 2 is 1.80 bits per heavy atom. The topological polar surface area (TPSA) is 119 Å². The largest absolute Gasteiger partial charge is 0.480 e. The van der Waals surface area contributed by atoms with Crippen molar-refractivity contribution in [1.29, 1.82) is 0 Å². The first kappa shape index (κ1) is 15.6. The first-order chi connectivity index (χ1) is 9.45. The third-order valence-corrected chi connectivity index (χ3v) is 2.65. The fraction of sp³-hybridized carbons (Fsp3) is 0.308. The molecule has 7 heteroatoms. The summed E-state index contributed by atoms with van der Waals surface area (Å²) in [5.41, 5.74) is 5.61. The maximum atomic E-state index is 11.9. The van der Waals surface area contributed by atoms with Crippen LogP contribution in [0.1, 0.15) is 27.1 Å². The average molecular weight is 280 g/mol. The van der Waals surface area contributed by atoms with E-state index in [-0.39, 0.29) is 24.2 Å². The quantitative estimate of drug-likeness (QED) is 0.649. The van der Waals surface area contributed by atoms with Crippen LogP contribution in [0.15, 0.2) is 24.3 Å². The van der Waals surface area contributed by atoms with E-state index < -0.39 is 23.8 Å². The van der Waals surface area contributed by atoms with E-state index in [9.17, 15) is 14.4 Å². The van der Waals surface area contributed by atoms with Gasteiger partial charge in [0, 0.05) is 31.3 Å². The van der Waals surface area contributed by atoms with Gasteiger partial charge in [-0.25, -0.2) is 4.79 Å². The Morgan fingerprint density at radius 3 is 2.25 bits per heavy atom. The summed E-state index contributed by atoms with van der Waals surface area (Å²) in [6.45, 7) is 0.220. The molecule has 0 aliphatic rings. The molecular formula is C13H16N2O5. The molecule has 20 heavy (non-hydrogen) atoms. The Kier molecular flexibility index (Phi) is 5.67. The SMILES string of the molecule is COCCC(NC(=O)c1ccc(C(N)=O)cc1)C(=O)O. The Labute approximate surface area is 115 Å². The van der Waals surface area contributed by atoms with E-state index in [0.717, 1.165) is 0 Å². The Morgan fingerprint density at radius 1 is 1.25 bits per heavy atom. The summed E-state index contributed by atoms with van der Waals surface area (Å²) in [7, 11) is 1.45. The molecule has 1 rings (SSSR count). The number of primary amides is 1. The predicted octanol–water partition coefficient (Wildman–Crippen LogP) is 0.00500. The van der Waals surface area contributed by atoms with Gasteiger partial charge in [0.05, 0.1) is 0 Å². The Hall–Kier alpha value is -2.41. The number of carboxylic acid groups (broad SMARTS) is 1. The number of nitrogens with two attached hydrogens (primary N) is 1. The zero-order valence-electron chi connectivity index (χ0n) is 11.0. The molecule has 0 heterocycles. The number of carbonyl (C=O) groups excluding carboxylic acids is 2. The number of hydrogen-bond donors (Lipinski definition) is 3. The molecule has 1 atom stereocenters. The molecular weight excluding hydrogens is 264 g/mol. The Balaban J connectivity index is 2.73. The molecule has 0 saturated heterocycles. The van der Waals surface area contributed by atoms with E-state index in [4.69, 9.17) is 15.6 Å². The smallest absolute Gasteiger partial charge is 0.326 e. The summed E-state index contributed by atoms with van der Waals surface area (Å²) in [4.78, 5) is 33.8. The van der Waals surface area contributed by atoms with Gasteiger partial charge in [0.1, 0.15) is 6.04 Å². The molecule has 0 spiro atoms. The molecule has 2 amide bonds. The molecule has 0 saturated carbocycles. The zero-order chi connectivity index (χ0) is 15.1. The van der Waals surface area contributed by atoms with Gasteiger partial charge in [-0.05, 0) is 24.3 Å². The van der Waals surface area contributed by atoms with Crippen molar-refractivity contribution in [3.8, 4) is 0 Å². The summed E-state index contributed by atoms with van der Waals surface area (Å²) >= 11 is 0. The van der Waals surface area contributed by atoms with E-state index >= 15 is 0 Å².